The van der Waals surface area contributed by atoms with Crippen molar-refractivity contribution in [1.29, 1.82) is 0 Å². The minimum atomic E-state index is -4.65. The second-order valence-corrected chi connectivity index (χ2v) is 12.3. The van der Waals surface area contributed by atoms with Gasteiger partial charge < -0.3 is 14.2 Å². The summed E-state index contributed by atoms with van der Waals surface area (Å²) in [5, 5.41) is 0. The van der Waals surface area contributed by atoms with Gasteiger partial charge in [-0.05, 0) is 106 Å². The van der Waals surface area contributed by atoms with Crippen LogP contribution in [0, 0.1) is 17.3 Å². The molecule has 5 fully saturated rings. The topological polar surface area (TPSA) is 61.8 Å². The number of carbonyl (C=O) groups excluding carboxylic acids is 2. The molecular formula is C32H33F3O5. The van der Waals surface area contributed by atoms with Crippen molar-refractivity contribution in [2.45, 2.75) is 81.6 Å². The van der Waals surface area contributed by atoms with Gasteiger partial charge >= 0.3 is 18.1 Å². The Morgan fingerprint density at radius 2 is 1.62 bits per heavy atom. The van der Waals surface area contributed by atoms with Gasteiger partial charge in [0.15, 0.2) is 0 Å². The van der Waals surface area contributed by atoms with Gasteiger partial charge in [-0.1, -0.05) is 24.8 Å². The highest BCUT2D eigenvalue weighted by Crippen LogP contribution is 2.63. The van der Waals surface area contributed by atoms with Crippen molar-refractivity contribution < 1.29 is 37.0 Å². The van der Waals surface area contributed by atoms with Crippen LogP contribution in [-0.2, 0) is 15.7 Å². The van der Waals surface area contributed by atoms with Crippen LogP contribution in [-0.4, -0.2) is 23.1 Å². The summed E-state index contributed by atoms with van der Waals surface area (Å²) in [6.07, 6.45) is 3.69. The second-order valence-electron chi connectivity index (χ2n) is 12.3. The summed E-state index contributed by atoms with van der Waals surface area (Å²) in [7, 11) is 0. The van der Waals surface area contributed by atoms with Crippen molar-refractivity contribution in [2.75, 3.05) is 0 Å². The van der Waals surface area contributed by atoms with Crippen molar-refractivity contribution in [3.63, 3.8) is 0 Å². The molecule has 0 saturated heterocycles. The fourth-order valence-corrected chi connectivity index (χ4v) is 8.00. The summed E-state index contributed by atoms with van der Waals surface area (Å²) in [4.78, 5) is 27.0. The smallest absolute Gasteiger partial charge is 0.419 e. The summed E-state index contributed by atoms with van der Waals surface area (Å²) in [6.45, 7) is 3.79. The molecule has 0 spiro atoms. The molecule has 40 heavy (non-hydrogen) atoms. The largest absolute Gasteiger partial charge is 0.483 e. The molecule has 5 aliphatic rings. The molecule has 0 N–H and O–H groups in total. The number of benzene rings is 2. The molecule has 5 nitrogen and oxygen atoms in total. The Kier molecular flexibility index (Phi) is 6.50. The number of esters is 2. The lowest BCUT2D eigenvalue weighted by Crippen LogP contribution is -2.60. The number of carbonyl (C=O) groups is 2. The van der Waals surface area contributed by atoms with E-state index in [9.17, 15) is 22.8 Å². The van der Waals surface area contributed by atoms with E-state index in [2.05, 4.69) is 6.58 Å². The monoisotopic (exact) mass is 554 g/mol. The maximum atomic E-state index is 13.9. The molecule has 0 aliphatic heterocycles. The van der Waals surface area contributed by atoms with Gasteiger partial charge in [0.25, 0.3) is 0 Å². The zero-order chi connectivity index (χ0) is 28.2. The highest BCUT2D eigenvalue weighted by atomic mass is 19.4. The summed E-state index contributed by atoms with van der Waals surface area (Å²) >= 11 is 0. The van der Waals surface area contributed by atoms with Gasteiger partial charge in [-0.2, -0.15) is 13.2 Å². The first kappa shape index (κ1) is 26.9. The summed E-state index contributed by atoms with van der Waals surface area (Å²) in [5.74, 6) is -0.475. The van der Waals surface area contributed by atoms with E-state index in [1.807, 2.05) is 6.07 Å². The first-order valence-electron chi connectivity index (χ1n) is 14.1. The average Bonchev–Trinajstić information content (AvgIpc) is 3.36. The van der Waals surface area contributed by atoms with Gasteiger partial charge in [-0.25, -0.2) is 4.79 Å². The molecular weight excluding hydrogens is 521 g/mol. The minimum absolute atomic E-state index is 0.00290. The maximum absolute atomic E-state index is 13.9. The normalized spacial score (nSPS) is 30.1. The third-order valence-corrected chi connectivity index (χ3v) is 9.36. The molecule has 2 atom stereocenters. The predicted molar refractivity (Wildman–Crippen MR) is 141 cm³/mol. The zero-order valence-corrected chi connectivity index (χ0v) is 22.3. The zero-order valence-electron chi connectivity index (χ0n) is 22.3. The Balaban J connectivity index is 1.25. The quantitative estimate of drug-likeness (QED) is 0.200. The van der Waals surface area contributed by atoms with Crippen LogP contribution >= 0.6 is 0 Å². The van der Waals surface area contributed by atoms with Crippen molar-refractivity contribution >= 4 is 11.9 Å². The van der Waals surface area contributed by atoms with E-state index in [4.69, 9.17) is 14.2 Å². The van der Waals surface area contributed by atoms with Crippen LogP contribution in [0.15, 0.2) is 61.2 Å². The van der Waals surface area contributed by atoms with Gasteiger partial charge in [0, 0.05) is 6.42 Å². The SMILES string of the molecule is C=CC1(Oc2cc(C(=O)OC34CC5CC(C3)CC(C(=O)Oc3ccccc3)(C5)C4)ccc2C(F)(F)F)CCCC1. The number of rotatable bonds is 7. The first-order chi connectivity index (χ1) is 19.0. The van der Waals surface area contributed by atoms with E-state index in [-0.39, 0.29) is 23.4 Å². The Morgan fingerprint density at radius 1 is 0.950 bits per heavy atom. The number of ether oxygens (including phenoxy) is 3. The van der Waals surface area contributed by atoms with Crippen LogP contribution in [0.25, 0.3) is 0 Å². The molecule has 7 rings (SSSR count). The number of hydrogen-bond acceptors (Lipinski definition) is 5. The number of halogens is 3. The van der Waals surface area contributed by atoms with E-state index in [1.165, 1.54) is 0 Å². The predicted octanol–water partition coefficient (Wildman–Crippen LogP) is 7.68. The van der Waals surface area contributed by atoms with Crippen LogP contribution in [0.3, 0.4) is 0 Å². The summed E-state index contributed by atoms with van der Waals surface area (Å²) in [6, 6.07) is 12.1. The molecule has 5 aliphatic carbocycles. The van der Waals surface area contributed by atoms with Crippen molar-refractivity contribution in [3.05, 3.63) is 72.3 Å². The summed E-state index contributed by atoms with van der Waals surface area (Å²) < 4.78 is 59.5. The minimum Gasteiger partial charge on any atom is -0.483 e. The molecule has 0 heterocycles. The second kappa shape index (κ2) is 9.67. The third kappa shape index (κ3) is 4.90. The molecule has 4 bridgehead atoms. The van der Waals surface area contributed by atoms with Gasteiger partial charge in [0.1, 0.15) is 22.7 Å². The van der Waals surface area contributed by atoms with E-state index < -0.39 is 40.1 Å². The Morgan fingerprint density at radius 3 is 2.25 bits per heavy atom. The average molecular weight is 555 g/mol. The van der Waals surface area contributed by atoms with Crippen LogP contribution in [0.2, 0.25) is 0 Å². The van der Waals surface area contributed by atoms with E-state index in [1.54, 1.807) is 30.3 Å². The molecule has 2 unspecified atom stereocenters. The van der Waals surface area contributed by atoms with E-state index in [0.717, 1.165) is 37.5 Å². The van der Waals surface area contributed by atoms with Crippen LogP contribution in [0.4, 0.5) is 13.2 Å². The molecule has 2 aromatic carbocycles. The summed E-state index contributed by atoms with van der Waals surface area (Å²) in [5.41, 5.74) is -3.43. The van der Waals surface area contributed by atoms with Crippen LogP contribution < -0.4 is 9.47 Å². The van der Waals surface area contributed by atoms with E-state index >= 15 is 0 Å². The Labute approximate surface area is 231 Å². The molecule has 5 saturated carbocycles. The van der Waals surface area contributed by atoms with Crippen LogP contribution in [0.1, 0.15) is 80.1 Å². The standard InChI is InChI=1S/C32H33F3O5/c1-2-30(12-6-7-13-30)39-26-15-23(10-11-25(26)32(33,34)35)27(36)40-31-18-21-14-22(19-31)17-29(16-21,20-31)28(37)38-24-8-4-3-5-9-24/h2-5,8-11,15,21-22H,1,6-7,12-14,16-20H2. The fourth-order valence-electron chi connectivity index (χ4n) is 8.00. The maximum Gasteiger partial charge on any atom is 0.419 e. The molecule has 0 radical (unpaired) electrons. The lowest BCUT2D eigenvalue weighted by atomic mass is 9.48. The van der Waals surface area contributed by atoms with Gasteiger partial charge in [0.05, 0.1) is 16.5 Å². The Hall–Kier alpha value is -3.29. The molecule has 8 heteroatoms. The first-order valence-corrected chi connectivity index (χ1v) is 14.1. The number of para-hydroxylation sites is 1. The molecule has 212 valence electrons. The molecule has 0 amide bonds. The Bertz CT molecular complexity index is 1300. The highest BCUT2D eigenvalue weighted by Gasteiger charge is 2.63. The van der Waals surface area contributed by atoms with Crippen molar-refractivity contribution in [2.24, 2.45) is 17.3 Å². The van der Waals surface area contributed by atoms with Gasteiger partial charge in [-0.15, -0.1) is 0 Å². The van der Waals surface area contributed by atoms with E-state index in [0.29, 0.717) is 50.7 Å². The third-order valence-electron chi connectivity index (χ3n) is 9.36. The number of alkyl halides is 3. The number of hydrogen-bond donors (Lipinski definition) is 0. The van der Waals surface area contributed by atoms with Crippen LogP contribution in [0.5, 0.6) is 11.5 Å². The lowest BCUT2D eigenvalue weighted by molar-refractivity contribution is -0.189. The molecule has 2 aromatic rings. The fraction of sp³-hybridized carbons (Fsp3) is 0.500. The highest BCUT2D eigenvalue weighted by molar-refractivity contribution is 5.90. The molecule has 0 aromatic heterocycles. The van der Waals surface area contributed by atoms with Crippen molar-refractivity contribution in [3.8, 4) is 11.5 Å². The van der Waals surface area contributed by atoms with Gasteiger partial charge in [0.2, 0.25) is 0 Å². The van der Waals surface area contributed by atoms with Gasteiger partial charge in [-0.3, -0.25) is 4.79 Å². The lowest BCUT2D eigenvalue weighted by Gasteiger charge is -2.59. The van der Waals surface area contributed by atoms with Crippen molar-refractivity contribution in [1.82, 2.24) is 0 Å².